The van der Waals surface area contributed by atoms with Gasteiger partial charge in [0.2, 0.25) is 15.4 Å². The van der Waals surface area contributed by atoms with Crippen LogP contribution in [0.4, 0.5) is 0 Å². The molecule has 0 saturated heterocycles. The maximum absolute atomic E-state index is 13.5. The van der Waals surface area contributed by atoms with Gasteiger partial charge in [0.05, 0.1) is 23.0 Å². The van der Waals surface area contributed by atoms with E-state index in [1.165, 1.54) is 19.2 Å². The van der Waals surface area contributed by atoms with Gasteiger partial charge in [-0.15, -0.1) is 0 Å². The molecule has 3 rings (SSSR count). The van der Waals surface area contributed by atoms with Crippen LogP contribution in [0.2, 0.25) is 0 Å². The summed E-state index contributed by atoms with van der Waals surface area (Å²) in [6, 6.07) is 19.0. The number of ether oxygens (including phenoxy) is 2. The smallest absolute Gasteiger partial charge is 0.350 e. The first kappa shape index (κ1) is 21.6. The SMILES string of the molecule is COC(=O)C1(CCCCC#N)CC(S(=O)(=O)c2ccccc2)=C(c2ccccc2)O1. The average molecular weight is 426 g/mol. The monoisotopic (exact) mass is 425 g/mol. The third kappa shape index (κ3) is 4.24. The van der Waals surface area contributed by atoms with Gasteiger partial charge >= 0.3 is 5.97 Å². The summed E-state index contributed by atoms with van der Waals surface area (Å²) < 4.78 is 38.0. The lowest BCUT2D eigenvalue weighted by Crippen LogP contribution is -2.40. The average Bonchev–Trinajstić information content (AvgIpc) is 3.19. The highest BCUT2D eigenvalue weighted by atomic mass is 32.2. The molecule has 156 valence electrons. The number of hydrogen-bond acceptors (Lipinski definition) is 6. The molecule has 7 heteroatoms. The van der Waals surface area contributed by atoms with E-state index in [2.05, 4.69) is 6.07 Å². The Balaban J connectivity index is 2.08. The van der Waals surface area contributed by atoms with E-state index < -0.39 is 21.4 Å². The molecular formula is C23H23NO5S. The molecule has 0 N–H and O–H groups in total. The van der Waals surface area contributed by atoms with Crippen molar-refractivity contribution in [2.45, 2.75) is 42.6 Å². The highest BCUT2D eigenvalue weighted by molar-refractivity contribution is 7.95. The number of nitrogens with zero attached hydrogens (tertiary/aromatic N) is 1. The zero-order valence-corrected chi connectivity index (χ0v) is 17.5. The van der Waals surface area contributed by atoms with Crippen LogP contribution in [-0.4, -0.2) is 27.1 Å². The van der Waals surface area contributed by atoms with Gasteiger partial charge in [0, 0.05) is 18.4 Å². The minimum Gasteiger partial charge on any atom is -0.474 e. The van der Waals surface area contributed by atoms with E-state index in [1.807, 2.05) is 6.07 Å². The Morgan fingerprint density at radius 1 is 1.10 bits per heavy atom. The minimum atomic E-state index is -3.89. The van der Waals surface area contributed by atoms with E-state index in [9.17, 15) is 13.2 Å². The van der Waals surface area contributed by atoms with Gasteiger partial charge in [-0.1, -0.05) is 48.5 Å². The van der Waals surface area contributed by atoms with Gasteiger partial charge in [-0.2, -0.15) is 5.26 Å². The van der Waals surface area contributed by atoms with Crippen LogP contribution in [0.3, 0.4) is 0 Å². The van der Waals surface area contributed by atoms with Gasteiger partial charge < -0.3 is 9.47 Å². The number of rotatable bonds is 8. The Morgan fingerprint density at radius 2 is 1.73 bits per heavy atom. The third-order valence-electron chi connectivity index (χ3n) is 5.09. The van der Waals surface area contributed by atoms with E-state index in [1.54, 1.807) is 42.5 Å². The number of carbonyl (C=O) groups excluding carboxylic acids is 1. The molecule has 0 aliphatic carbocycles. The molecular weight excluding hydrogens is 402 g/mol. The highest BCUT2D eigenvalue weighted by Gasteiger charge is 2.51. The molecule has 2 aromatic rings. The van der Waals surface area contributed by atoms with E-state index in [4.69, 9.17) is 14.7 Å². The second kappa shape index (κ2) is 9.14. The van der Waals surface area contributed by atoms with Crippen molar-refractivity contribution in [3.8, 4) is 6.07 Å². The van der Waals surface area contributed by atoms with Crippen molar-refractivity contribution in [3.05, 3.63) is 71.1 Å². The fourth-order valence-corrected chi connectivity index (χ4v) is 5.18. The molecule has 0 spiro atoms. The molecule has 0 aromatic heterocycles. The largest absolute Gasteiger partial charge is 0.474 e. The van der Waals surface area contributed by atoms with Crippen LogP contribution in [0.1, 0.15) is 37.7 Å². The Hall–Kier alpha value is -3.11. The lowest BCUT2D eigenvalue weighted by Gasteiger charge is -2.27. The summed E-state index contributed by atoms with van der Waals surface area (Å²) in [6.07, 6.45) is 1.61. The van der Waals surface area contributed by atoms with E-state index in [0.29, 0.717) is 24.8 Å². The van der Waals surface area contributed by atoms with E-state index >= 15 is 0 Å². The summed E-state index contributed by atoms with van der Waals surface area (Å²) in [5.41, 5.74) is -0.859. The Labute approximate surface area is 176 Å². The standard InChI is InChI=1S/C23H23NO5S/c1-28-22(25)23(15-9-4-10-16-24)17-20(21(29-23)18-11-5-2-6-12-18)30(26,27)19-13-7-3-8-14-19/h2-3,5-8,11-14H,4,9-10,15,17H2,1H3. The van der Waals surface area contributed by atoms with Crippen molar-refractivity contribution in [3.63, 3.8) is 0 Å². The number of esters is 1. The quantitative estimate of drug-likeness (QED) is 0.464. The molecule has 0 bridgehead atoms. The fraction of sp³-hybridized carbons (Fsp3) is 0.304. The van der Waals surface area contributed by atoms with Gasteiger partial charge in [-0.25, -0.2) is 13.2 Å². The number of carbonyl (C=O) groups is 1. The first-order chi connectivity index (χ1) is 14.4. The van der Waals surface area contributed by atoms with Gasteiger partial charge in [0.1, 0.15) is 5.76 Å². The van der Waals surface area contributed by atoms with Crippen molar-refractivity contribution in [2.24, 2.45) is 0 Å². The summed E-state index contributed by atoms with van der Waals surface area (Å²) in [6.45, 7) is 0. The zero-order chi connectivity index (χ0) is 21.6. The maximum Gasteiger partial charge on any atom is 0.350 e. The van der Waals surface area contributed by atoms with Gasteiger partial charge in [-0.05, 0) is 31.4 Å². The van der Waals surface area contributed by atoms with Crippen LogP contribution in [0.15, 0.2) is 70.5 Å². The topological polar surface area (TPSA) is 93.5 Å². The first-order valence-electron chi connectivity index (χ1n) is 9.68. The number of nitriles is 1. The van der Waals surface area contributed by atoms with Gasteiger partial charge in [0.15, 0.2) is 0 Å². The summed E-state index contributed by atoms with van der Waals surface area (Å²) in [4.78, 5) is 13.0. The lowest BCUT2D eigenvalue weighted by atomic mass is 9.93. The summed E-state index contributed by atoms with van der Waals surface area (Å²) >= 11 is 0. The van der Waals surface area contributed by atoms with Crippen molar-refractivity contribution < 1.29 is 22.7 Å². The van der Waals surface area contributed by atoms with Crippen LogP contribution in [0.25, 0.3) is 5.76 Å². The lowest BCUT2D eigenvalue weighted by molar-refractivity contribution is -0.160. The van der Waals surface area contributed by atoms with Gasteiger partial charge in [-0.3, -0.25) is 0 Å². The zero-order valence-electron chi connectivity index (χ0n) is 16.7. The summed E-state index contributed by atoms with van der Waals surface area (Å²) in [7, 11) is -2.63. The second-order valence-electron chi connectivity index (χ2n) is 7.06. The van der Waals surface area contributed by atoms with Crippen LogP contribution >= 0.6 is 0 Å². The van der Waals surface area contributed by atoms with Crippen molar-refractivity contribution in [2.75, 3.05) is 7.11 Å². The van der Waals surface area contributed by atoms with E-state index in [0.717, 1.165) is 0 Å². The summed E-state index contributed by atoms with van der Waals surface area (Å²) in [5.74, 6) is -0.448. The number of hydrogen-bond donors (Lipinski definition) is 0. The first-order valence-corrected chi connectivity index (χ1v) is 11.2. The molecule has 1 aliphatic heterocycles. The normalized spacial score (nSPS) is 18.5. The van der Waals surface area contributed by atoms with E-state index in [-0.39, 0.29) is 28.4 Å². The molecule has 2 aromatic carbocycles. The Bertz CT molecular complexity index is 1070. The van der Waals surface area contributed by atoms with Crippen molar-refractivity contribution in [1.29, 1.82) is 5.26 Å². The number of methoxy groups -OCH3 is 1. The van der Waals surface area contributed by atoms with Crippen LogP contribution in [-0.2, 0) is 24.1 Å². The molecule has 0 amide bonds. The van der Waals surface area contributed by atoms with Crippen LogP contribution in [0.5, 0.6) is 0 Å². The van der Waals surface area contributed by atoms with Crippen LogP contribution in [0, 0.1) is 11.3 Å². The molecule has 0 radical (unpaired) electrons. The number of sulfone groups is 1. The predicted molar refractivity (Wildman–Crippen MR) is 112 cm³/mol. The van der Waals surface area contributed by atoms with Gasteiger partial charge in [0.25, 0.3) is 0 Å². The molecule has 1 atom stereocenters. The molecule has 0 saturated carbocycles. The van der Waals surface area contributed by atoms with Crippen molar-refractivity contribution in [1.82, 2.24) is 0 Å². The molecule has 0 fully saturated rings. The molecule has 6 nitrogen and oxygen atoms in total. The maximum atomic E-state index is 13.5. The second-order valence-corrected chi connectivity index (χ2v) is 9.04. The summed E-state index contributed by atoms with van der Waals surface area (Å²) in [5, 5.41) is 8.78. The number of benzene rings is 2. The van der Waals surface area contributed by atoms with Crippen LogP contribution < -0.4 is 0 Å². The molecule has 30 heavy (non-hydrogen) atoms. The molecule has 1 unspecified atom stereocenters. The molecule has 1 heterocycles. The third-order valence-corrected chi connectivity index (χ3v) is 6.96. The fourth-order valence-electron chi connectivity index (χ4n) is 3.55. The predicted octanol–water partition coefficient (Wildman–Crippen LogP) is 4.25. The minimum absolute atomic E-state index is 0.0607. The Morgan fingerprint density at radius 3 is 2.33 bits per heavy atom. The van der Waals surface area contributed by atoms with Crippen molar-refractivity contribution >= 4 is 21.6 Å². The highest BCUT2D eigenvalue weighted by Crippen LogP contribution is 2.46. The number of unbranched alkanes of at least 4 members (excludes halogenated alkanes) is 2. The molecule has 1 aliphatic rings. The Kier molecular flexibility index (Phi) is 6.58.